The SMILES string of the molecule is C=CCNC1CCCCC1Cl. The van der Waals surface area contributed by atoms with Crippen molar-refractivity contribution < 1.29 is 0 Å². The highest BCUT2D eigenvalue weighted by molar-refractivity contribution is 6.21. The number of alkyl halides is 1. The van der Waals surface area contributed by atoms with Crippen LogP contribution in [0.2, 0.25) is 0 Å². The Morgan fingerprint density at radius 1 is 1.45 bits per heavy atom. The van der Waals surface area contributed by atoms with Crippen LogP contribution in [0.1, 0.15) is 25.7 Å². The van der Waals surface area contributed by atoms with Gasteiger partial charge in [-0.15, -0.1) is 18.2 Å². The van der Waals surface area contributed by atoms with Crippen molar-refractivity contribution in [3.63, 3.8) is 0 Å². The molecule has 0 aromatic rings. The van der Waals surface area contributed by atoms with Gasteiger partial charge in [0.25, 0.3) is 0 Å². The smallest absolute Gasteiger partial charge is 0.0489 e. The lowest BCUT2D eigenvalue weighted by molar-refractivity contribution is 0.391. The Kier molecular flexibility index (Phi) is 3.95. The molecule has 1 saturated carbocycles. The van der Waals surface area contributed by atoms with Gasteiger partial charge < -0.3 is 5.32 Å². The fourth-order valence-corrected chi connectivity index (χ4v) is 1.92. The molecule has 1 rings (SSSR count). The maximum absolute atomic E-state index is 6.12. The molecule has 0 aromatic carbocycles. The Morgan fingerprint density at radius 2 is 2.18 bits per heavy atom. The zero-order valence-electron chi connectivity index (χ0n) is 6.85. The minimum atomic E-state index is 0.337. The minimum Gasteiger partial charge on any atom is -0.309 e. The highest BCUT2D eigenvalue weighted by Gasteiger charge is 2.21. The molecule has 0 amide bonds. The molecule has 0 bridgehead atoms. The largest absolute Gasteiger partial charge is 0.309 e. The molecule has 64 valence electrons. The molecule has 0 saturated heterocycles. The summed E-state index contributed by atoms with van der Waals surface area (Å²) in [4.78, 5) is 0. The van der Waals surface area contributed by atoms with Crippen LogP contribution in [0.5, 0.6) is 0 Å². The van der Waals surface area contributed by atoms with Crippen LogP contribution >= 0.6 is 11.6 Å². The van der Waals surface area contributed by atoms with Gasteiger partial charge in [0.15, 0.2) is 0 Å². The molecule has 0 heterocycles. The summed E-state index contributed by atoms with van der Waals surface area (Å²) in [5.41, 5.74) is 0. The topological polar surface area (TPSA) is 12.0 Å². The van der Waals surface area contributed by atoms with Crippen LogP contribution in [-0.4, -0.2) is 18.0 Å². The number of hydrogen-bond acceptors (Lipinski definition) is 1. The first-order chi connectivity index (χ1) is 5.34. The minimum absolute atomic E-state index is 0.337. The summed E-state index contributed by atoms with van der Waals surface area (Å²) < 4.78 is 0. The van der Waals surface area contributed by atoms with Gasteiger partial charge in [-0.25, -0.2) is 0 Å². The average molecular weight is 174 g/mol. The lowest BCUT2D eigenvalue weighted by Crippen LogP contribution is -2.39. The highest BCUT2D eigenvalue weighted by Crippen LogP contribution is 2.22. The molecule has 2 atom stereocenters. The second-order valence-electron chi connectivity index (χ2n) is 3.10. The quantitative estimate of drug-likeness (QED) is 0.510. The van der Waals surface area contributed by atoms with E-state index in [1.165, 1.54) is 19.3 Å². The maximum atomic E-state index is 6.12. The zero-order valence-corrected chi connectivity index (χ0v) is 7.61. The van der Waals surface area contributed by atoms with Crippen molar-refractivity contribution in [1.82, 2.24) is 5.32 Å². The van der Waals surface area contributed by atoms with E-state index in [2.05, 4.69) is 11.9 Å². The summed E-state index contributed by atoms with van der Waals surface area (Å²) in [6, 6.07) is 0.517. The van der Waals surface area contributed by atoms with E-state index < -0.39 is 0 Å². The van der Waals surface area contributed by atoms with Crippen LogP contribution in [0.3, 0.4) is 0 Å². The molecular weight excluding hydrogens is 158 g/mol. The molecule has 0 aromatic heterocycles. The van der Waals surface area contributed by atoms with Gasteiger partial charge in [0.05, 0.1) is 0 Å². The average Bonchev–Trinajstić information content (AvgIpc) is 2.03. The van der Waals surface area contributed by atoms with E-state index in [-0.39, 0.29) is 0 Å². The Labute approximate surface area is 73.8 Å². The second kappa shape index (κ2) is 4.78. The molecule has 0 radical (unpaired) electrons. The van der Waals surface area contributed by atoms with E-state index in [1.807, 2.05) is 6.08 Å². The molecule has 2 heteroatoms. The molecule has 1 fully saturated rings. The van der Waals surface area contributed by atoms with E-state index in [0.717, 1.165) is 13.0 Å². The number of hydrogen-bond donors (Lipinski definition) is 1. The van der Waals surface area contributed by atoms with Crippen molar-refractivity contribution in [1.29, 1.82) is 0 Å². The molecule has 0 aliphatic heterocycles. The second-order valence-corrected chi connectivity index (χ2v) is 3.66. The summed E-state index contributed by atoms with van der Waals surface area (Å²) in [5.74, 6) is 0. The van der Waals surface area contributed by atoms with E-state index in [1.54, 1.807) is 0 Å². The van der Waals surface area contributed by atoms with Crippen LogP contribution in [0.4, 0.5) is 0 Å². The van der Waals surface area contributed by atoms with Crippen molar-refractivity contribution in [3.8, 4) is 0 Å². The van der Waals surface area contributed by atoms with Crippen molar-refractivity contribution in [2.75, 3.05) is 6.54 Å². The van der Waals surface area contributed by atoms with Gasteiger partial charge in [-0.1, -0.05) is 18.9 Å². The Morgan fingerprint density at radius 3 is 2.82 bits per heavy atom. The summed E-state index contributed by atoms with van der Waals surface area (Å²) in [6.07, 6.45) is 6.88. The van der Waals surface area contributed by atoms with Gasteiger partial charge in [-0.3, -0.25) is 0 Å². The molecule has 0 spiro atoms. The van der Waals surface area contributed by atoms with Crippen LogP contribution in [0.25, 0.3) is 0 Å². The zero-order chi connectivity index (χ0) is 8.10. The summed E-state index contributed by atoms with van der Waals surface area (Å²) in [7, 11) is 0. The van der Waals surface area contributed by atoms with Gasteiger partial charge in [-0.05, 0) is 12.8 Å². The predicted molar refractivity (Wildman–Crippen MR) is 50.1 cm³/mol. The number of nitrogens with one attached hydrogen (secondary N) is 1. The van der Waals surface area contributed by atoms with Gasteiger partial charge in [0.1, 0.15) is 0 Å². The molecule has 1 aliphatic rings. The van der Waals surface area contributed by atoms with Crippen LogP contribution in [0, 0.1) is 0 Å². The first-order valence-electron chi connectivity index (χ1n) is 4.33. The van der Waals surface area contributed by atoms with Gasteiger partial charge in [-0.2, -0.15) is 0 Å². The standard InChI is InChI=1S/C9H16ClN/c1-2-7-11-9-6-4-3-5-8(9)10/h2,8-9,11H,1,3-7H2. The van der Waals surface area contributed by atoms with E-state index >= 15 is 0 Å². The Hall–Kier alpha value is -0.0100. The van der Waals surface area contributed by atoms with E-state index in [9.17, 15) is 0 Å². The van der Waals surface area contributed by atoms with Gasteiger partial charge in [0, 0.05) is 18.0 Å². The first-order valence-corrected chi connectivity index (χ1v) is 4.76. The van der Waals surface area contributed by atoms with E-state index in [4.69, 9.17) is 11.6 Å². The normalized spacial score (nSPS) is 31.7. The van der Waals surface area contributed by atoms with E-state index in [0.29, 0.717) is 11.4 Å². The third kappa shape index (κ3) is 2.84. The third-order valence-electron chi connectivity index (χ3n) is 2.21. The fraction of sp³-hybridized carbons (Fsp3) is 0.778. The third-order valence-corrected chi connectivity index (χ3v) is 2.73. The lowest BCUT2D eigenvalue weighted by Gasteiger charge is -2.27. The molecule has 1 aliphatic carbocycles. The molecule has 11 heavy (non-hydrogen) atoms. The van der Waals surface area contributed by atoms with Crippen LogP contribution < -0.4 is 5.32 Å². The van der Waals surface area contributed by atoms with Crippen molar-refractivity contribution in [3.05, 3.63) is 12.7 Å². The molecular formula is C9H16ClN. The van der Waals surface area contributed by atoms with Gasteiger partial charge in [0.2, 0.25) is 0 Å². The Balaban J connectivity index is 2.23. The summed E-state index contributed by atoms with van der Waals surface area (Å²) in [6.45, 7) is 4.55. The summed E-state index contributed by atoms with van der Waals surface area (Å²) in [5, 5.41) is 3.71. The molecule has 2 unspecified atom stereocenters. The number of rotatable bonds is 3. The monoisotopic (exact) mass is 173 g/mol. The van der Waals surface area contributed by atoms with Crippen molar-refractivity contribution in [2.24, 2.45) is 0 Å². The van der Waals surface area contributed by atoms with Gasteiger partial charge >= 0.3 is 0 Å². The van der Waals surface area contributed by atoms with Crippen molar-refractivity contribution >= 4 is 11.6 Å². The molecule has 1 nitrogen and oxygen atoms in total. The van der Waals surface area contributed by atoms with Crippen LogP contribution in [-0.2, 0) is 0 Å². The maximum Gasteiger partial charge on any atom is 0.0489 e. The highest BCUT2D eigenvalue weighted by atomic mass is 35.5. The predicted octanol–water partition coefficient (Wildman–Crippen LogP) is 2.31. The van der Waals surface area contributed by atoms with Crippen molar-refractivity contribution in [2.45, 2.75) is 37.1 Å². The first kappa shape index (κ1) is 9.08. The Bertz CT molecular complexity index is 125. The lowest BCUT2D eigenvalue weighted by atomic mass is 9.95. The summed E-state index contributed by atoms with van der Waals surface area (Å²) >= 11 is 6.12. The van der Waals surface area contributed by atoms with Crippen LogP contribution in [0.15, 0.2) is 12.7 Å². The molecule has 1 N–H and O–H groups in total. The number of halogens is 1. The fourth-order valence-electron chi connectivity index (χ4n) is 1.55.